The molecule has 2 rings (SSSR count). The van der Waals surface area contributed by atoms with Crippen LogP contribution in [0.15, 0.2) is 36.0 Å². The van der Waals surface area contributed by atoms with Crippen molar-refractivity contribution >= 4 is 23.4 Å². The molecule has 0 radical (unpaired) electrons. The monoisotopic (exact) mass is 348 g/mol. The molecule has 0 aliphatic carbocycles. The molecule has 0 saturated heterocycles. The van der Waals surface area contributed by atoms with Crippen LogP contribution in [0.5, 0.6) is 0 Å². The van der Waals surface area contributed by atoms with Crippen LogP contribution in [-0.2, 0) is 11.3 Å². The topological polar surface area (TPSA) is 75.9 Å². The minimum absolute atomic E-state index is 0.0873. The van der Waals surface area contributed by atoms with E-state index in [0.717, 1.165) is 26.2 Å². The van der Waals surface area contributed by atoms with Gasteiger partial charge in [0.25, 0.3) is 0 Å². The van der Waals surface area contributed by atoms with Crippen LogP contribution in [0.4, 0.5) is 5.69 Å². The van der Waals surface area contributed by atoms with Gasteiger partial charge in [0, 0.05) is 25.1 Å². The molecule has 0 bridgehead atoms. The Kier molecular flexibility index (Phi) is 7.20. The number of hydrogen-bond acceptors (Lipinski definition) is 6. The minimum Gasteiger partial charge on any atom is -0.322 e. The second-order valence-electron chi connectivity index (χ2n) is 5.30. The second kappa shape index (κ2) is 9.39. The number of amides is 1. The van der Waals surface area contributed by atoms with E-state index in [4.69, 9.17) is 0 Å². The number of aromatic nitrogens is 4. The zero-order chi connectivity index (χ0) is 17.4. The van der Waals surface area contributed by atoms with E-state index in [9.17, 15) is 4.79 Å². The minimum atomic E-state index is -0.286. The van der Waals surface area contributed by atoms with Gasteiger partial charge in [0.15, 0.2) is 5.16 Å². The maximum Gasteiger partial charge on any atom is 0.237 e. The predicted molar refractivity (Wildman–Crippen MR) is 96.0 cm³/mol. The number of nitrogens with one attached hydrogen (secondary N) is 1. The van der Waals surface area contributed by atoms with Gasteiger partial charge in [0.1, 0.15) is 0 Å². The highest BCUT2D eigenvalue weighted by atomic mass is 32.2. The Hall–Kier alpha value is -1.93. The van der Waals surface area contributed by atoms with Crippen LogP contribution in [0.2, 0.25) is 0 Å². The van der Waals surface area contributed by atoms with Gasteiger partial charge in [0.2, 0.25) is 5.91 Å². The molecule has 1 atom stereocenters. The summed E-state index contributed by atoms with van der Waals surface area (Å²) >= 11 is 1.33. The van der Waals surface area contributed by atoms with E-state index < -0.39 is 0 Å². The van der Waals surface area contributed by atoms with E-state index in [1.165, 1.54) is 11.8 Å². The van der Waals surface area contributed by atoms with Crippen molar-refractivity contribution in [3.05, 3.63) is 30.9 Å². The number of carbonyl (C=O) groups excluding carboxylic acids is 1. The lowest BCUT2D eigenvalue weighted by Gasteiger charge is -2.17. The highest BCUT2D eigenvalue weighted by molar-refractivity contribution is 8.00. The molecule has 8 heteroatoms. The van der Waals surface area contributed by atoms with Crippen molar-refractivity contribution in [2.45, 2.75) is 37.7 Å². The van der Waals surface area contributed by atoms with E-state index in [0.29, 0.717) is 10.8 Å². The number of nitrogens with zero attached hydrogens (tertiary/aromatic N) is 5. The van der Waals surface area contributed by atoms with Gasteiger partial charge in [-0.2, -0.15) is 5.10 Å². The average molecular weight is 348 g/mol. The maximum absolute atomic E-state index is 12.3. The number of thioether (sulfide) groups is 1. The molecule has 7 nitrogen and oxygen atoms in total. The molecule has 0 aliphatic heterocycles. The summed E-state index contributed by atoms with van der Waals surface area (Å²) in [7, 11) is 0. The summed E-state index contributed by atoms with van der Waals surface area (Å²) in [5.41, 5.74) is 0.709. The van der Waals surface area contributed by atoms with Gasteiger partial charge < -0.3 is 10.2 Å². The molecule has 1 N–H and O–H groups in total. The third-order valence-corrected chi connectivity index (χ3v) is 4.62. The first-order valence-electron chi connectivity index (χ1n) is 8.11. The number of likely N-dealkylation sites (N-methyl/N-ethyl adjacent to an activating group) is 1. The Bertz CT molecular complexity index is 629. The van der Waals surface area contributed by atoms with Gasteiger partial charge in [-0.15, -0.1) is 0 Å². The molecule has 0 aliphatic rings. The van der Waals surface area contributed by atoms with Crippen molar-refractivity contribution in [2.24, 2.45) is 0 Å². The average Bonchev–Trinajstić information content (AvgIpc) is 3.04. The number of hydrogen-bond donors (Lipinski definition) is 1. The Morgan fingerprint density at radius 1 is 1.33 bits per heavy atom. The first kappa shape index (κ1) is 18.4. The van der Waals surface area contributed by atoms with Gasteiger partial charge >= 0.3 is 0 Å². The zero-order valence-corrected chi connectivity index (χ0v) is 15.2. The van der Waals surface area contributed by atoms with Crippen LogP contribution < -0.4 is 5.32 Å². The van der Waals surface area contributed by atoms with Crippen molar-refractivity contribution < 1.29 is 4.79 Å². The summed E-state index contributed by atoms with van der Waals surface area (Å²) < 4.78 is 1.85. The van der Waals surface area contributed by atoms with E-state index in [2.05, 4.69) is 39.1 Å². The zero-order valence-electron chi connectivity index (χ0n) is 14.3. The summed E-state index contributed by atoms with van der Waals surface area (Å²) in [6, 6.07) is 1.75. The molecule has 2 aromatic rings. The first-order valence-corrected chi connectivity index (χ1v) is 8.99. The molecule has 0 saturated carbocycles. The lowest BCUT2D eigenvalue weighted by molar-refractivity contribution is -0.115. The SMILES string of the molecule is CCN(CC)CCn1cc(NC(=O)[C@H](C)Sc2ncccn2)cn1. The third kappa shape index (κ3) is 5.61. The first-order chi connectivity index (χ1) is 11.6. The third-order valence-electron chi connectivity index (χ3n) is 3.63. The van der Waals surface area contributed by atoms with Crippen LogP contribution in [-0.4, -0.2) is 55.4 Å². The highest BCUT2D eigenvalue weighted by Crippen LogP contribution is 2.19. The molecule has 0 aromatic carbocycles. The molecule has 130 valence electrons. The molecule has 2 heterocycles. The van der Waals surface area contributed by atoms with Gasteiger partial charge in [-0.1, -0.05) is 25.6 Å². The fraction of sp³-hybridized carbons (Fsp3) is 0.500. The quantitative estimate of drug-likeness (QED) is 0.553. The van der Waals surface area contributed by atoms with Crippen LogP contribution in [0, 0.1) is 0 Å². The van der Waals surface area contributed by atoms with Crippen molar-refractivity contribution in [3.63, 3.8) is 0 Å². The van der Waals surface area contributed by atoms with Gasteiger partial charge in [-0.3, -0.25) is 9.48 Å². The van der Waals surface area contributed by atoms with Crippen molar-refractivity contribution in [1.82, 2.24) is 24.6 Å². The Morgan fingerprint density at radius 2 is 2.04 bits per heavy atom. The molecular formula is C16H24N6OS. The van der Waals surface area contributed by atoms with Crippen LogP contribution in [0.3, 0.4) is 0 Å². The summed E-state index contributed by atoms with van der Waals surface area (Å²) in [5, 5.41) is 7.49. The standard InChI is InChI=1S/C16H24N6OS/c1-4-21(5-2)9-10-22-12-14(11-19-22)20-15(23)13(3)24-16-17-7-6-8-18-16/h6-8,11-13H,4-5,9-10H2,1-3H3,(H,20,23)/t13-/m0/s1. The van der Waals surface area contributed by atoms with Crippen LogP contribution >= 0.6 is 11.8 Å². The summed E-state index contributed by atoms with van der Waals surface area (Å²) in [5.74, 6) is -0.0873. The maximum atomic E-state index is 12.3. The van der Waals surface area contributed by atoms with Crippen LogP contribution in [0.1, 0.15) is 20.8 Å². The van der Waals surface area contributed by atoms with Crippen LogP contribution in [0.25, 0.3) is 0 Å². The van der Waals surface area contributed by atoms with Gasteiger partial charge in [-0.25, -0.2) is 9.97 Å². The second-order valence-corrected chi connectivity index (χ2v) is 6.61. The fourth-order valence-corrected chi connectivity index (χ4v) is 2.86. The van der Waals surface area contributed by atoms with E-state index >= 15 is 0 Å². The summed E-state index contributed by atoms with van der Waals surface area (Å²) in [4.78, 5) is 22.8. The number of carbonyl (C=O) groups is 1. The Balaban J connectivity index is 1.83. The largest absolute Gasteiger partial charge is 0.322 e. The van der Waals surface area contributed by atoms with Gasteiger partial charge in [0.05, 0.1) is 23.7 Å². The lowest BCUT2D eigenvalue weighted by Crippen LogP contribution is -2.27. The van der Waals surface area contributed by atoms with E-state index in [-0.39, 0.29) is 11.2 Å². The summed E-state index contributed by atoms with van der Waals surface area (Å²) in [6.45, 7) is 9.93. The van der Waals surface area contributed by atoms with Crippen molar-refractivity contribution in [3.8, 4) is 0 Å². The molecule has 0 spiro atoms. The summed E-state index contributed by atoms with van der Waals surface area (Å²) in [6.07, 6.45) is 6.87. The Morgan fingerprint density at radius 3 is 2.71 bits per heavy atom. The van der Waals surface area contributed by atoms with Gasteiger partial charge in [-0.05, 0) is 26.1 Å². The number of anilines is 1. The molecule has 1 amide bonds. The lowest BCUT2D eigenvalue weighted by atomic mass is 10.4. The van der Waals surface area contributed by atoms with E-state index in [1.807, 2.05) is 17.8 Å². The highest BCUT2D eigenvalue weighted by Gasteiger charge is 2.16. The fourth-order valence-electron chi connectivity index (χ4n) is 2.14. The van der Waals surface area contributed by atoms with E-state index in [1.54, 1.807) is 24.7 Å². The Labute approximate surface area is 146 Å². The molecule has 0 fully saturated rings. The molecule has 0 unspecified atom stereocenters. The molecular weight excluding hydrogens is 324 g/mol. The molecule has 24 heavy (non-hydrogen) atoms. The molecule has 2 aromatic heterocycles. The van der Waals surface area contributed by atoms with Crippen molar-refractivity contribution in [2.75, 3.05) is 25.0 Å². The number of rotatable bonds is 9. The smallest absolute Gasteiger partial charge is 0.237 e. The predicted octanol–water partition coefficient (Wildman–Crippen LogP) is 2.13. The van der Waals surface area contributed by atoms with Crippen molar-refractivity contribution in [1.29, 1.82) is 0 Å². The normalized spacial score (nSPS) is 12.3.